The first-order valence-electron chi connectivity index (χ1n) is 7.05. The van der Waals surface area contributed by atoms with Crippen molar-refractivity contribution >= 4 is 0 Å². The van der Waals surface area contributed by atoms with E-state index in [4.69, 9.17) is 9.47 Å². The fraction of sp³-hybridized carbons (Fsp3) is 1.00. The lowest BCUT2D eigenvalue weighted by atomic mass is 9.70. The molecule has 0 aliphatic carbocycles. The molecule has 5 nitrogen and oxygen atoms in total. The van der Waals surface area contributed by atoms with E-state index in [0.717, 1.165) is 0 Å². The second-order valence-corrected chi connectivity index (χ2v) is 8.09. The van der Waals surface area contributed by atoms with Crippen LogP contribution in [-0.4, -0.2) is 49.6 Å². The Hall–Kier alpha value is -0.200. The van der Waals surface area contributed by atoms with Crippen LogP contribution < -0.4 is 0 Å². The summed E-state index contributed by atoms with van der Waals surface area (Å²) in [5, 5.41) is 31.3. The molecule has 0 aromatic heterocycles. The SMILES string of the molecule is CC(C)(O)C[C@]1(C(C)(C)O)OC(C)(C)OC1C(C)(C)O. The van der Waals surface area contributed by atoms with Gasteiger partial charge in [0.15, 0.2) is 5.79 Å². The highest BCUT2D eigenvalue weighted by Gasteiger charge is 2.65. The topological polar surface area (TPSA) is 79.2 Å². The van der Waals surface area contributed by atoms with Gasteiger partial charge in [-0.25, -0.2) is 0 Å². The van der Waals surface area contributed by atoms with Crippen molar-refractivity contribution < 1.29 is 24.8 Å². The molecule has 1 heterocycles. The lowest BCUT2D eigenvalue weighted by molar-refractivity contribution is -0.223. The van der Waals surface area contributed by atoms with Gasteiger partial charge >= 0.3 is 0 Å². The van der Waals surface area contributed by atoms with Crippen LogP contribution >= 0.6 is 0 Å². The van der Waals surface area contributed by atoms with Crippen molar-refractivity contribution in [3.63, 3.8) is 0 Å². The quantitative estimate of drug-likeness (QED) is 0.732. The van der Waals surface area contributed by atoms with Gasteiger partial charge in [0.1, 0.15) is 11.7 Å². The van der Waals surface area contributed by atoms with Crippen LogP contribution in [0, 0.1) is 0 Å². The van der Waals surface area contributed by atoms with Crippen LogP contribution in [-0.2, 0) is 9.47 Å². The molecule has 1 unspecified atom stereocenters. The van der Waals surface area contributed by atoms with Crippen molar-refractivity contribution in [2.45, 2.75) is 96.1 Å². The molecule has 1 aliphatic rings. The molecule has 3 N–H and O–H groups in total. The van der Waals surface area contributed by atoms with E-state index in [-0.39, 0.29) is 6.42 Å². The van der Waals surface area contributed by atoms with E-state index in [1.807, 2.05) is 0 Å². The Labute approximate surface area is 121 Å². The zero-order chi connectivity index (χ0) is 16.2. The summed E-state index contributed by atoms with van der Waals surface area (Å²) in [7, 11) is 0. The molecule has 1 fully saturated rings. The van der Waals surface area contributed by atoms with Crippen LogP contribution in [0.25, 0.3) is 0 Å². The molecule has 0 saturated carbocycles. The Kier molecular flexibility index (Phi) is 4.15. The van der Waals surface area contributed by atoms with E-state index in [1.165, 1.54) is 0 Å². The normalized spacial score (nSPS) is 31.6. The van der Waals surface area contributed by atoms with Crippen LogP contribution in [0.4, 0.5) is 0 Å². The highest BCUT2D eigenvalue weighted by atomic mass is 16.8. The zero-order valence-corrected chi connectivity index (χ0v) is 13.9. The number of ether oxygens (including phenoxy) is 2. The Morgan fingerprint density at radius 3 is 1.70 bits per heavy atom. The van der Waals surface area contributed by atoms with Crippen molar-refractivity contribution in [2.24, 2.45) is 0 Å². The molecule has 1 aliphatic heterocycles. The van der Waals surface area contributed by atoms with Gasteiger partial charge < -0.3 is 24.8 Å². The lowest BCUT2D eigenvalue weighted by Crippen LogP contribution is -2.64. The number of hydrogen-bond acceptors (Lipinski definition) is 5. The van der Waals surface area contributed by atoms with Gasteiger partial charge in [0, 0.05) is 6.42 Å². The Bertz CT molecular complexity index is 356. The fourth-order valence-corrected chi connectivity index (χ4v) is 3.04. The molecule has 0 aromatic carbocycles. The van der Waals surface area contributed by atoms with Crippen LogP contribution in [0.15, 0.2) is 0 Å². The summed E-state index contributed by atoms with van der Waals surface area (Å²) in [4.78, 5) is 0. The Balaban J connectivity index is 3.40. The van der Waals surface area contributed by atoms with Gasteiger partial charge in [0.05, 0.1) is 16.8 Å². The molecular weight excluding hydrogens is 260 g/mol. The van der Waals surface area contributed by atoms with Crippen molar-refractivity contribution in [3.05, 3.63) is 0 Å². The van der Waals surface area contributed by atoms with E-state index < -0.39 is 34.3 Å². The second-order valence-electron chi connectivity index (χ2n) is 8.09. The van der Waals surface area contributed by atoms with Crippen molar-refractivity contribution in [2.75, 3.05) is 0 Å². The highest BCUT2D eigenvalue weighted by molar-refractivity contribution is 5.12. The third-order valence-corrected chi connectivity index (χ3v) is 3.63. The van der Waals surface area contributed by atoms with Crippen molar-refractivity contribution in [1.29, 1.82) is 0 Å². The van der Waals surface area contributed by atoms with Crippen molar-refractivity contribution in [3.8, 4) is 0 Å². The third-order valence-electron chi connectivity index (χ3n) is 3.63. The molecular formula is C15H30O5. The summed E-state index contributed by atoms with van der Waals surface area (Å²) >= 11 is 0. The standard InChI is InChI=1S/C15H30O5/c1-11(2,16)9-15(13(5,6)18)10(12(3,4)17)19-14(7,8)20-15/h10,16-18H,9H2,1-8H3/t10?,15-/m0/s1. The molecule has 0 bridgehead atoms. The first kappa shape index (κ1) is 17.9. The van der Waals surface area contributed by atoms with Gasteiger partial charge in [0.2, 0.25) is 0 Å². The maximum Gasteiger partial charge on any atom is 0.164 e. The number of rotatable bonds is 4. The number of hydrogen-bond donors (Lipinski definition) is 3. The molecule has 5 heteroatoms. The molecule has 0 radical (unpaired) electrons. The van der Waals surface area contributed by atoms with Gasteiger partial charge in [-0.1, -0.05) is 0 Å². The maximum absolute atomic E-state index is 10.7. The predicted octanol–water partition coefficient (Wildman–Crippen LogP) is 1.58. The molecule has 1 saturated heterocycles. The first-order valence-corrected chi connectivity index (χ1v) is 7.05. The second kappa shape index (κ2) is 4.65. The molecule has 2 atom stereocenters. The van der Waals surface area contributed by atoms with Crippen LogP contribution in [0.3, 0.4) is 0 Å². The van der Waals surface area contributed by atoms with Crippen molar-refractivity contribution in [1.82, 2.24) is 0 Å². The van der Waals surface area contributed by atoms with Crippen LogP contribution in [0.2, 0.25) is 0 Å². The largest absolute Gasteiger partial charge is 0.390 e. The van der Waals surface area contributed by atoms with Crippen LogP contribution in [0.5, 0.6) is 0 Å². The summed E-state index contributed by atoms with van der Waals surface area (Å²) in [5.74, 6) is -0.948. The average Bonchev–Trinajstić information content (AvgIpc) is 2.32. The minimum Gasteiger partial charge on any atom is -0.390 e. The minimum absolute atomic E-state index is 0.140. The Morgan fingerprint density at radius 2 is 1.40 bits per heavy atom. The van der Waals surface area contributed by atoms with Gasteiger partial charge in [-0.15, -0.1) is 0 Å². The summed E-state index contributed by atoms with van der Waals surface area (Å²) in [6.07, 6.45) is -0.627. The first-order chi connectivity index (χ1) is 8.50. The zero-order valence-electron chi connectivity index (χ0n) is 13.9. The molecule has 0 spiro atoms. The molecule has 1 rings (SSSR count). The van der Waals surface area contributed by atoms with Crippen LogP contribution in [0.1, 0.15) is 61.8 Å². The van der Waals surface area contributed by atoms with E-state index in [2.05, 4.69) is 0 Å². The monoisotopic (exact) mass is 290 g/mol. The van der Waals surface area contributed by atoms with Gasteiger partial charge in [-0.2, -0.15) is 0 Å². The van der Waals surface area contributed by atoms with Gasteiger partial charge in [-0.3, -0.25) is 0 Å². The molecule has 120 valence electrons. The molecule has 0 amide bonds. The summed E-state index contributed by atoms with van der Waals surface area (Å²) in [6, 6.07) is 0. The lowest BCUT2D eigenvalue weighted by Gasteiger charge is -2.48. The third kappa shape index (κ3) is 3.52. The predicted molar refractivity (Wildman–Crippen MR) is 76.3 cm³/mol. The van der Waals surface area contributed by atoms with E-state index in [9.17, 15) is 15.3 Å². The average molecular weight is 290 g/mol. The summed E-state index contributed by atoms with van der Waals surface area (Å²) < 4.78 is 11.9. The van der Waals surface area contributed by atoms with Gasteiger partial charge in [-0.05, 0) is 55.4 Å². The fourth-order valence-electron chi connectivity index (χ4n) is 3.04. The minimum atomic E-state index is -1.30. The van der Waals surface area contributed by atoms with E-state index >= 15 is 0 Å². The Morgan fingerprint density at radius 1 is 0.950 bits per heavy atom. The summed E-state index contributed by atoms with van der Waals surface area (Å²) in [6.45, 7) is 13.2. The smallest absolute Gasteiger partial charge is 0.164 e. The van der Waals surface area contributed by atoms with E-state index in [1.54, 1.807) is 55.4 Å². The highest BCUT2D eigenvalue weighted by Crippen LogP contribution is 2.50. The van der Waals surface area contributed by atoms with E-state index in [0.29, 0.717) is 0 Å². The molecule has 20 heavy (non-hydrogen) atoms. The maximum atomic E-state index is 10.7. The number of aliphatic hydroxyl groups is 3. The summed E-state index contributed by atoms with van der Waals surface area (Å²) in [5.41, 5.74) is -4.81. The van der Waals surface area contributed by atoms with Gasteiger partial charge in [0.25, 0.3) is 0 Å². The molecule has 0 aromatic rings.